The highest BCUT2D eigenvalue weighted by atomic mass is 32.1. The molecule has 0 amide bonds. The number of aromatic nitrogens is 5. The topological polar surface area (TPSA) is 74.3 Å². The third-order valence-electron chi connectivity index (χ3n) is 5.98. The van der Waals surface area contributed by atoms with Gasteiger partial charge in [-0.25, -0.2) is 14.2 Å². The fourth-order valence-corrected chi connectivity index (χ4v) is 5.55. The molecule has 0 atom stereocenters. The second kappa shape index (κ2) is 7.29. The van der Waals surface area contributed by atoms with Gasteiger partial charge in [0, 0.05) is 34.8 Å². The summed E-state index contributed by atoms with van der Waals surface area (Å²) in [6, 6.07) is 10.1. The molecule has 1 aromatic carbocycles. The molecule has 1 aliphatic heterocycles. The lowest BCUT2D eigenvalue weighted by molar-refractivity contribution is -0.0379. The molecule has 0 spiro atoms. The minimum absolute atomic E-state index is 0.103. The van der Waals surface area contributed by atoms with Gasteiger partial charge in [0.2, 0.25) is 0 Å². The van der Waals surface area contributed by atoms with E-state index in [2.05, 4.69) is 23.9 Å². The number of fused-ring (bicyclic) bond motifs is 5. The minimum atomic E-state index is -0.354. The van der Waals surface area contributed by atoms with E-state index >= 15 is 0 Å². The molecule has 7 nitrogen and oxygen atoms in total. The van der Waals surface area contributed by atoms with Crippen LogP contribution in [0.25, 0.3) is 27.3 Å². The van der Waals surface area contributed by atoms with Gasteiger partial charge in [0.15, 0.2) is 11.5 Å². The third kappa shape index (κ3) is 3.27. The van der Waals surface area contributed by atoms with Crippen LogP contribution in [-0.2, 0) is 24.3 Å². The van der Waals surface area contributed by atoms with Crippen molar-refractivity contribution in [3.63, 3.8) is 0 Å². The molecule has 0 unspecified atom stereocenters. The first-order valence-corrected chi connectivity index (χ1v) is 11.4. The van der Waals surface area contributed by atoms with Crippen molar-refractivity contribution in [2.45, 2.75) is 39.0 Å². The Balaban J connectivity index is 1.67. The van der Waals surface area contributed by atoms with E-state index in [9.17, 15) is 9.18 Å². The zero-order valence-electron chi connectivity index (χ0n) is 18.1. The van der Waals surface area contributed by atoms with E-state index in [0.717, 1.165) is 26.2 Å². The molecule has 0 radical (unpaired) electrons. The fourth-order valence-electron chi connectivity index (χ4n) is 4.33. The van der Waals surface area contributed by atoms with Crippen LogP contribution in [0.15, 0.2) is 53.6 Å². The van der Waals surface area contributed by atoms with Crippen LogP contribution >= 0.6 is 11.3 Å². The Morgan fingerprint density at radius 2 is 1.97 bits per heavy atom. The summed E-state index contributed by atoms with van der Waals surface area (Å²) in [5.41, 5.74) is 2.16. The summed E-state index contributed by atoms with van der Waals surface area (Å²) >= 11 is 1.51. The Morgan fingerprint density at radius 1 is 1.18 bits per heavy atom. The molecule has 5 heterocycles. The number of halogens is 1. The maximum atomic E-state index is 14.5. The second-order valence-electron chi connectivity index (χ2n) is 8.78. The van der Waals surface area contributed by atoms with Crippen LogP contribution in [0.1, 0.15) is 29.9 Å². The standard InChI is InChI=1S/C24H20FN5O2S/c1-24(2)11-16-18(13-32-24)33-22-19(16)21-27-20(14-7-9-26-10-8-14)28-30(21)23(31)29(22)12-15-5-3-4-6-17(15)25/h3-10H,11-13H2,1-2H3. The molecular weight excluding hydrogens is 441 g/mol. The molecule has 0 saturated heterocycles. The van der Waals surface area contributed by atoms with Crippen molar-refractivity contribution in [1.82, 2.24) is 24.1 Å². The van der Waals surface area contributed by atoms with Crippen molar-refractivity contribution >= 4 is 27.2 Å². The van der Waals surface area contributed by atoms with Gasteiger partial charge in [0.25, 0.3) is 0 Å². The molecule has 1 aliphatic rings. The van der Waals surface area contributed by atoms with Gasteiger partial charge < -0.3 is 4.74 Å². The smallest absolute Gasteiger partial charge is 0.352 e. The second-order valence-corrected chi connectivity index (χ2v) is 9.86. The van der Waals surface area contributed by atoms with Crippen LogP contribution in [0.5, 0.6) is 0 Å². The Hall–Kier alpha value is -3.43. The number of nitrogens with zero attached hydrogens (tertiary/aromatic N) is 5. The van der Waals surface area contributed by atoms with Gasteiger partial charge in [-0.1, -0.05) is 18.2 Å². The largest absolute Gasteiger partial charge is 0.370 e. The number of thiophene rings is 1. The maximum Gasteiger partial charge on any atom is 0.352 e. The number of pyridine rings is 1. The zero-order valence-corrected chi connectivity index (χ0v) is 18.9. The summed E-state index contributed by atoms with van der Waals surface area (Å²) in [6.45, 7) is 4.68. The van der Waals surface area contributed by atoms with Crippen molar-refractivity contribution in [1.29, 1.82) is 0 Å². The fraction of sp³-hybridized carbons (Fsp3) is 0.250. The number of hydrogen-bond donors (Lipinski definition) is 0. The number of benzene rings is 1. The molecule has 4 aromatic heterocycles. The molecule has 9 heteroatoms. The van der Waals surface area contributed by atoms with Crippen LogP contribution in [0.2, 0.25) is 0 Å². The minimum Gasteiger partial charge on any atom is -0.370 e. The van der Waals surface area contributed by atoms with E-state index in [1.54, 1.807) is 35.2 Å². The number of hydrogen-bond acceptors (Lipinski definition) is 6. The summed E-state index contributed by atoms with van der Waals surface area (Å²) in [7, 11) is 0. The van der Waals surface area contributed by atoms with Crippen molar-refractivity contribution in [2.24, 2.45) is 0 Å². The summed E-state index contributed by atoms with van der Waals surface area (Å²) in [6.07, 6.45) is 4.02. The SMILES string of the molecule is CC1(C)Cc2c(sc3c2c2nc(-c4ccncc4)nn2c(=O)n3Cc2ccccc2F)CO1. The summed E-state index contributed by atoms with van der Waals surface area (Å²) in [5.74, 6) is 0.102. The van der Waals surface area contributed by atoms with E-state index in [1.807, 2.05) is 12.1 Å². The van der Waals surface area contributed by atoms with Gasteiger partial charge in [-0.05, 0) is 37.6 Å². The summed E-state index contributed by atoms with van der Waals surface area (Å²) in [5, 5.41) is 5.43. The highest BCUT2D eigenvalue weighted by Crippen LogP contribution is 2.40. The molecule has 0 N–H and O–H groups in total. The summed E-state index contributed by atoms with van der Waals surface area (Å²) < 4.78 is 23.5. The Labute approximate surface area is 192 Å². The maximum absolute atomic E-state index is 14.5. The molecule has 0 saturated carbocycles. The highest BCUT2D eigenvalue weighted by molar-refractivity contribution is 7.19. The number of ether oxygens (including phenoxy) is 1. The molecule has 6 rings (SSSR count). The molecule has 5 aromatic rings. The molecule has 0 aliphatic carbocycles. The average Bonchev–Trinajstić information content (AvgIpc) is 3.39. The van der Waals surface area contributed by atoms with Crippen molar-refractivity contribution in [2.75, 3.05) is 0 Å². The van der Waals surface area contributed by atoms with Gasteiger partial charge in [-0.15, -0.1) is 16.4 Å². The van der Waals surface area contributed by atoms with E-state index in [1.165, 1.54) is 21.9 Å². The van der Waals surface area contributed by atoms with Crippen LogP contribution in [0.4, 0.5) is 4.39 Å². The van der Waals surface area contributed by atoms with E-state index in [4.69, 9.17) is 9.72 Å². The molecule has 0 bridgehead atoms. The summed E-state index contributed by atoms with van der Waals surface area (Å²) in [4.78, 5) is 24.2. The Bertz CT molecular complexity index is 1590. The Morgan fingerprint density at radius 3 is 2.76 bits per heavy atom. The molecular formula is C24H20FN5O2S. The van der Waals surface area contributed by atoms with E-state index < -0.39 is 0 Å². The number of rotatable bonds is 3. The van der Waals surface area contributed by atoms with Crippen molar-refractivity contribution < 1.29 is 9.13 Å². The van der Waals surface area contributed by atoms with Crippen LogP contribution < -0.4 is 5.69 Å². The highest BCUT2D eigenvalue weighted by Gasteiger charge is 2.32. The van der Waals surface area contributed by atoms with Crippen LogP contribution in [-0.4, -0.2) is 29.8 Å². The van der Waals surface area contributed by atoms with Gasteiger partial charge in [0.05, 0.1) is 24.1 Å². The van der Waals surface area contributed by atoms with Crippen LogP contribution in [0.3, 0.4) is 0 Å². The van der Waals surface area contributed by atoms with Gasteiger partial charge in [0.1, 0.15) is 10.6 Å². The predicted molar refractivity (Wildman–Crippen MR) is 124 cm³/mol. The quantitative estimate of drug-likeness (QED) is 0.403. The molecule has 166 valence electrons. The lowest BCUT2D eigenvalue weighted by Crippen LogP contribution is -2.31. The first kappa shape index (κ1) is 20.2. The van der Waals surface area contributed by atoms with Crippen LogP contribution in [0, 0.1) is 5.82 Å². The van der Waals surface area contributed by atoms with Crippen molar-refractivity contribution in [3.05, 3.63) is 81.1 Å². The van der Waals surface area contributed by atoms with E-state index in [-0.39, 0.29) is 23.7 Å². The Kier molecular flexibility index (Phi) is 4.46. The van der Waals surface area contributed by atoms with Crippen molar-refractivity contribution in [3.8, 4) is 11.4 Å². The normalized spacial score (nSPS) is 15.2. The van der Waals surface area contributed by atoms with Gasteiger partial charge in [-0.2, -0.15) is 4.52 Å². The first-order valence-electron chi connectivity index (χ1n) is 10.6. The predicted octanol–water partition coefficient (Wildman–Crippen LogP) is 4.21. The lowest BCUT2D eigenvalue weighted by atomic mass is 9.94. The zero-order chi connectivity index (χ0) is 22.7. The first-order chi connectivity index (χ1) is 15.9. The average molecular weight is 462 g/mol. The third-order valence-corrected chi connectivity index (χ3v) is 7.21. The monoisotopic (exact) mass is 461 g/mol. The molecule has 33 heavy (non-hydrogen) atoms. The van der Waals surface area contributed by atoms with E-state index in [0.29, 0.717) is 30.1 Å². The lowest BCUT2D eigenvalue weighted by Gasteiger charge is -2.30. The van der Waals surface area contributed by atoms with Gasteiger partial charge >= 0.3 is 5.69 Å². The van der Waals surface area contributed by atoms with Gasteiger partial charge in [-0.3, -0.25) is 9.55 Å². The molecule has 0 fully saturated rings.